The van der Waals surface area contributed by atoms with E-state index in [1.54, 1.807) is 0 Å². The molecule has 0 N–H and O–H groups in total. The maximum absolute atomic E-state index is 12.8. The van der Waals surface area contributed by atoms with E-state index in [-0.39, 0.29) is 37.5 Å². The molecule has 0 rings (SSSR count). The van der Waals surface area contributed by atoms with Gasteiger partial charge in [0.1, 0.15) is 13.2 Å². The number of hydrogen-bond donors (Lipinski definition) is 0. The molecule has 6 nitrogen and oxygen atoms in total. The van der Waals surface area contributed by atoms with E-state index >= 15 is 0 Å². The van der Waals surface area contributed by atoms with Gasteiger partial charge in [-0.15, -0.1) is 0 Å². The largest absolute Gasteiger partial charge is 0.462 e. The summed E-state index contributed by atoms with van der Waals surface area (Å²) in [5.41, 5.74) is 0. The van der Waals surface area contributed by atoms with Crippen LogP contribution in [0, 0.1) is 0 Å². The quantitative estimate of drug-likeness (QED) is 0.0263. The van der Waals surface area contributed by atoms with Gasteiger partial charge in [0.15, 0.2) is 6.10 Å². The maximum atomic E-state index is 12.8. The molecule has 1 atom stereocenters. The van der Waals surface area contributed by atoms with Crippen LogP contribution < -0.4 is 0 Å². The van der Waals surface area contributed by atoms with Crippen molar-refractivity contribution in [1.29, 1.82) is 0 Å². The van der Waals surface area contributed by atoms with Gasteiger partial charge in [-0.1, -0.05) is 229 Å². The number of unbranched alkanes of at least 4 members (excludes halogenated alkanes) is 24. The Balaban J connectivity index is 4.40. The molecule has 0 aromatic heterocycles. The van der Waals surface area contributed by atoms with E-state index in [1.807, 2.05) is 0 Å². The lowest BCUT2D eigenvalue weighted by molar-refractivity contribution is -0.167. The lowest BCUT2D eigenvalue weighted by Crippen LogP contribution is -2.30. The van der Waals surface area contributed by atoms with Gasteiger partial charge in [-0.3, -0.25) is 14.4 Å². The minimum atomic E-state index is -0.791. The lowest BCUT2D eigenvalue weighted by Gasteiger charge is -2.18. The normalized spacial score (nSPS) is 12.5. The van der Waals surface area contributed by atoms with E-state index in [2.05, 4.69) is 81.5 Å². The van der Waals surface area contributed by atoms with Crippen LogP contribution >= 0.6 is 0 Å². The number of ether oxygens (including phenoxy) is 3. The number of rotatable bonds is 45. The third-order valence-electron chi connectivity index (χ3n) is 10.8. The molecule has 0 amide bonds. The van der Waals surface area contributed by atoms with Crippen LogP contribution in [0.15, 0.2) is 60.8 Å². The van der Waals surface area contributed by atoms with Crippen molar-refractivity contribution in [2.75, 3.05) is 13.2 Å². The molecule has 60 heavy (non-hydrogen) atoms. The molecule has 0 saturated heterocycles. The van der Waals surface area contributed by atoms with E-state index in [4.69, 9.17) is 14.2 Å². The molecular weight excluding hydrogens is 745 g/mol. The number of carbonyl (C=O) groups excluding carboxylic acids is 3. The highest BCUT2D eigenvalue weighted by Gasteiger charge is 2.19. The molecule has 346 valence electrons. The first kappa shape index (κ1) is 57.1. The SMILES string of the molecule is CC/C=C\C/C=C\C/C=C\C/C=C\C/C=C\CCCC(=O)OC[C@@H](COC(=O)CCCCCCCCCCC)OC(=O)CCCCCCCCCCCCCCCCCC. The average Bonchev–Trinajstić information content (AvgIpc) is 3.24. The zero-order chi connectivity index (χ0) is 43.7. The summed E-state index contributed by atoms with van der Waals surface area (Å²) in [6, 6.07) is 0. The van der Waals surface area contributed by atoms with Crippen LogP contribution in [0.2, 0.25) is 0 Å². The first-order valence-corrected chi connectivity index (χ1v) is 25.3. The predicted octanol–water partition coefficient (Wildman–Crippen LogP) is 16.5. The van der Waals surface area contributed by atoms with E-state index in [0.717, 1.165) is 77.0 Å². The van der Waals surface area contributed by atoms with E-state index < -0.39 is 6.10 Å². The summed E-state index contributed by atoms with van der Waals surface area (Å²) in [6.45, 7) is 6.46. The molecule has 0 spiro atoms. The Morgan fingerprint density at radius 1 is 0.350 bits per heavy atom. The van der Waals surface area contributed by atoms with Crippen LogP contribution in [0.1, 0.15) is 245 Å². The molecule has 0 aromatic carbocycles. The summed E-state index contributed by atoms with van der Waals surface area (Å²) in [4.78, 5) is 37.8. The van der Waals surface area contributed by atoms with Gasteiger partial charge in [0.25, 0.3) is 0 Å². The molecular formula is C54H94O6. The van der Waals surface area contributed by atoms with Crippen LogP contribution in [-0.2, 0) is 28.6 Å². The molecule has 0 aliphatic rings. The molecule has 6 heteroatoms. The smallest absolute Gasteiger partial charge is 0.306 e. The van der Waals surface area contributed by atoms with Crippen molar-refractivity contribution in [3.8, 4) is 0 Å². The average molecular weight is 839 g/mol. The first-order valence-electron chi connectivity index (χ1n) is 25.3. The summed E-state index contributed by atoms with van der Waals surface area (Å²) in [7, 11) is 0. The molecule has 0 aromatic rings. The van der Waals surface area contributed by atoms with Gasteiger partial charge in [-0.25, -0.2) is 0 Å². The lowest BCUT2D eigenvalue weighted by atomic mass is 10.0. The summed E-state index contributed by atoms with van der Waals surface area (Å²) >= 11 is 0. The highest BCUT2D eigenvalue weighted by atomic mass is 16.6. The van der Waals surface area contributed by atoms with Crippen LogP contribution in [0.4, 0.5) is 0 Å². The second-order valence-corrected chi connectivity index (χ2v) is 16.7. The summed E-state index contributed by atoms with van der Waals surface area (Å²) < 4.78 is 16.7. The molecule has 0 bridgehead atoms. The van der Waals surface area contributed by atoms with Crippen molar-refractivity contribution >= 4 is 17.9 Å². The Morgan fingerprint density at radius 3 is 1.02 bits per heavy atom. The fraction of sp³-hybridized carbons (Fsp3) is 0.759. The molecule has 0 aliphatic carbocycles. The minimum Gasteiger partial charge on any atom is -0.462 e. The predicted molar refractivity (Wildman–Crippen MR) is 256 cm³/mol. The Morgan fingerprint density at radius 2 is 0.650 bits per heavy atom. The summed E-state index contributed by atoms with van der Waals surface area (Å²) in [5, 5.41) is 0. The monoisotopic (exact) mass is 839 g/mol. The maximum Gasteiger partial charge on any atom is 0.306 e. The van der Waals surface area contributed by atoms with Gasteiger partial charge in [0, 0.05) is 19.3 Å². The van der Waals surface area contributed by atoms with Crippen LogP contribution in [0.3, 0.4) is 0 Å². The Hall–Kier alpha value is -2.89. The molecule has 0 fully saturated rings. The second-order valence-electron chi connectivity index (χ2n) is 16.7. The number of allylic oxidation sites excluding steroid dienone is 10. The van der Waals surface area contributed by atoms with E-state index in [0.29, 0.717) is 19.3 Å². The molecule has 0 saturated carbocycles. The molecule has 0 unspecified atom stereocenters. The fourth-order valence-electron chi connectivity index (χ4n) is 7.01. The third kappa shape index (κ3) is 46.2. The summed E-state index contributed by atoms with van der Waals surface area (Å²) in [6.07, 6.45) is 59.3. The highest BCUT2D eigenvalue weighted by Crippen LogP contribution is 2.15. The minimum absolute atomic E-state index is 0.0890. The van der Waals surface area contributed by atoms with Crippen molar-refractivity contribution in [2.24, 2.45) is 0 Å². The van der Waals surface area contributed by atoms with Crippen LogP contribution in [0.5, 0.6) is 0 Å². The Bertz CT molecular complexity index is 1100. The van der Waals surface area contributed by atoms with E-state index in [1.165, 1.54) is 122 Å². The van der Waals surface area contributed by atoms with Crippen molar-refractivity contribution in [3.63, 3.8) is 0 Å². The van der Waals surface area contributed by atoms with Gasteiger partial charge < -0.3 is 14.2 Å². The number of carbonyl (C=O) groups is 3. The number of esters is 3. The summed E-state index contributed by atoms with van der Waals surface area (Å²) in [5.74, 6) is -0.947. The Labute approximate surface area is 370 Å². The fourth-order valence-corrected chi connectivity index (χ4v) is 7.01. The van der Waals surface area contributed by atoms with Gasteiger partial charge in [-0.2, -0.15) is 0 Å². The van der Waals surface area contributed by atoms with Crippen molar-refractivity contribution < 1.29 is 28.6 Å². The topological polar surface area (TPSA) is 78.9 Å². The highest BCUT2D eigenvalue weighted by molar-refractivity contribution is 5.71. The van der Waals surface area contributed by atoms with Gasteiger partial charge in [0.05, 0.1) is 0 Å². The van der Waals surface area contributed by atoms with Crippen LogP contribution in [0.25, 0.3) is 0 Å². The van der Waals surface area contributed by atoms with E-state index in [9.17, 15) is 14.4 Å². The van der Waals surface area contributed by atoms with Crippen molar-refractivity contribution in [2.45, 2.75) is 252 Å². The standard InChI is InChI=1S/C54H94O6/c1-4-7-10-13-16-19-21-23-25-27-29-30-32-35-38-41-44-47-53(56)59-50-51(49-58-52(55)46-43-40-37-34-18-15-12-9-6-3)60-54(57)48-45-42-39-36-33-31-28-26-24-22-20-17-14-11-8-5-2/h7,10,16,19,23,25,29-30,35,38,51H,4-6,8-9,11-15,17-18,20-22,24,26-28,31-34,36-37,39-50H2,1-3H3/b10-7-,19-16-,25-23-,30-29-,38-35-/t51-/m1/s1. The Kier molecular flexibility index (Phi) is 46.4. The zero-order valence-corrected chi connectivity index (χ0v) is 39.5. The van der Waals surface area contributed by atoms with Crippen LogP contribution in [-0.4, -0.2) is 37.2 Å². The number of hydrogen-bond acceptors (Lipinski definition) is 6. The zero-order valence-electron chi connectivity index (χ0n) is 39.5. The van der Waals surface area contributed by atoms with Gasteiger partial charge in [-0.05, 0) is 57.8 Å². The van der Waals surface area contributed by atoms with Crippen molar-refractivity contribution in [3.05, 3.63) is 60.8 Å². The third-order valence-corrected chi connectivity index (χ3v) is 10.8. The second kappa shape index (κ2) is 48.8. The first-order chi connectivity index (χ1) is 29.5. The molecule has 0 radical (unpaired) electrons. The van der Waals surface area contributed by atoms with Gasteiger partial charge >= 0.3 is 17.9 Å². The van der Waals surface area contributed by atoms with Crippen molar-refractivity contribution in [1.82, 2.24) is 0 Å². The molecule has 0 heterocycles. The molecule has 0 aliphatic heterocycles. The van der Waals surface area contributed by atoms with Gasteiger partial charge in [0.2, 0.25) is 0 Å².